The largest absolute Gasteiger partial charge is 0.496 e. The Morgan fingerprint density at radius 2 is 2.15 bits per heavy atom. The highest BCUT2D eigenvalue weighted by atomic mass is 35.5. The first-order valence-corrected chi connectivity index (χ1v) is 4.12. The van der Waals surface area contributed by atoms with Crippen LogP contribution in [0.4, 0.5) is 0 Å². The van der Waals surface area contributed by atoms with Crippen molar-refractivity contribution in [3.8, 4) is 5.75 Å². The van der Waals surface area contributed by atoms with Crippen LogP contribution >= 0.6 is 11.6 Å². The average molecular weight is 197 g/mol. The molecule has 0 aliphatic heterocycles. The summed E-state index contributed by atoms with van der Waals surface area (Å²) in [6.07, 6.45) is 2.91. The minimum Gasteiger partial charge on any atom is -0.496 e. The molecule has 0 radical (unpaired) electrons. The van der Waals surface area contributed by atoms with Gasteiger partial charge in [0.2, 0.25) is 5.24 Å². The number of carbonyl (C=O) groups is 1. The molecule has 0 bridgehead atoms. The molecule has 1 rings (SSSR count). The van der Waals surface area contributed by atoms with Crippen LogP contribution in [0, 0.1) is 0 Å². The number of halogens is 1. The van der Waals surface area contributed by atoms with Crippen molar-refractivity contribution in [1.82, 2.24) is 0 Å². The van der Waals surface area contributed by atoms with Gasteiger partial charge in [0.1, 0.15) is 5.75 Å². The maximum absolute atomic E-state index is 10.5. The van der Waals surface area contributed by atoms with Crippen LogP contribution < -0.4 is 4.74 Å². The number of carbonyl (C=O) groups excluding carboxylic acids is 1. The number of rotatable bonds is 3. The van der Waals surface area contributed by atoms with E-state index in [1.807, 2.05) is 24.3 Å². The van der Waals surface area contributed by atoms with E-state index in [0.29, 0.717) is 0 Å². The van der Waals surface area contributed by atoms with E-state index in [-0.39, 0.29) is 0 Å². The van der Waals surface area contributed by atoms with E-state index in [1.54, 1.807) is 13.2 Å². The molecule has 0 fully saturated rings. The minimum atomic E-state index is -0.495. The molecule has 0 atom stereocenters. The van der Waals surface area contributed by atoms with E-state index in [2.05, 4.69) is 0 Å². The third-order valence-corrected chi connectivity index (χ3v) is 1.66. The van der Waals surface area contributed by atoms with Gasteiger partial charge < -0.3 is 4.74 Å². The second-order valence-corrected chi connectivity index (χ2v) is 2.75. The molecule has 0 aliphatic rings. The van der Waals surface area contributed by atoms with E-state index in [9.17, 15) is 4.79 Å². The molecule has 0 amide bonds. The Balaban J connectivity index is 2.93. The van der Waals surface area contributed by atoms with Crippen molar-refractivity contribution < 1.29 is 9.53 Å². The molecule has 2 nitrogen and oxygen atoms in total. The molecule has 0 aromatic heterocycles. The zero-order valence-corrected chi connectivity index (χ0v) is 7.91. The fourth-order valence-electron chi connectivity index (χ4n) is 0.959. The summed E-state index contributed by atoms with van der Waals surface area (Å²) in [5.74, 6) is 0.719. The maximum Gasteiger partial charge on any atom is 0.245 e. The highest BCUT2D eigenvalue weighted by Gasteiger charge is 1.96. The lowest BCUT2D eigenvalue weighted by molar-refractivity contribution is -0.107. The van der Waals surface area contributed by atoms with Gasteiger partial charge in [0.15, 0.2) is 0 Å². The van der Waals surface area contributed by atoms with Gasteiger partial charge in [-0.1, -0.05) is 18.2 Å². The summed E-state index contributed by atoms with van der Waals surface area (Å²) in [4.78, 5) is 10.5. The van der Waals surface area contributed by atoms with E-state index >= 15 is 0 Å². The highest BCUT2D eigenvalue weighted by Crippen LogP contribution is 2.18. The molecule has 0 saturated heterocycles. The quantitative estimate of drug-likeness (QED) is 0.549. The summed E-state index contributed by atoms with van der Waals surface area (Å²) >= 11 is 5.16. The van der Waals surface area contributed by atoms with Crippen molar-refractivity contribution in [1.29, 1.82) is 0 Å². The van der Waals surface area contributed by atoms with E-state index in [0.717, 1.165) is 11.3 Å². The van der Waals surface area contributed by atoms with E-state index in [4.69, 9.17) is 16.3 Å². The van der Waals surface area contributed by atoms with Crippen LogP contribution in [0.5, 0.6) is 5.75 Å². The molecule has 13 heavy (non-hydrogen) atoms. The van der Waals surface area contributed by atoms with Crippen LogP contribution in [0.25, 0.3) is 6.08 Å². The van der Waals surface area contributed by atoms with Crippen LogP contribution in [-0.2, 0) is 4.79 Å². The van der Waals surface area contributed by atoms with E-state index < -0.39 is 5.24 Å². The molecular formula is C10H9ClO2. The first kappa shape index (κ1) is 9.81. The van der Waals surface area contributed by atoms with Gasteiger partial charge in [-0.3, -0.25) is 4.79 Å². The van der Waals surface area contributed by atoms with Gasteiger partial charge in [-0.05, 0) is 29.8 Å². The minimum absolute atomic E-state index is 0.495. The van der Waals surface area contributed by atoms with Crippen molar-refractivity contribution >= 4 is 22.9 Å². The molecule has 0 spiro atoms. The smallest absolute Gasteiger partial charge is 0.245 e. The van der Waals surface area contributed by atoms with Gasteiger partial charge >= 0.3 is 0 Å². The molecule has 68 valence electrons. The second kappa shape index (κ2) is 4.67. The van der Waals surface area contributed by atoms with Gasteiger partial charge in [0.25, 0.3) is 0 Å². The number of methoxy groups -OCH3 is 1. The van der Waals surface area contributed by atoms with Crippen molar-refractivity contribution in [2.75, 3.05) is 7.11 Å². The maximum atomic E-state index is 10.5. The lowest BCUT2D eigenvalue weighted by atomic mass is 10.2. The Kier molecular flexibility index (Phi) is 3.53. The van der Waals surface area contributed by atoms with Gasteiger partial charge in [0, 0.05) is 5.56 Å². The Labute approximate surface area is 81.8 Å². The number of ether oxygens (including phenoxy) is 1. The number of allylic oxidation sites excluding steroid dienone is 1. The molecule has 0 heterocycles. The molecule has 0 aliphatic carbocycles. The predicted octanol–water partition coefficient (Wildman–Crippen LogP) is 2.47. The Morgan fingerprint density at radius 1 is 1.46 bits per heavy atom. The second-order valence-electron chi connectivity index (χ2n) is 2.38. The number of para-hydroxylation sites is 1. The SMILES string of the molecule is COc1ccccc1/C=C\C(=O)Cl. The Bertz CT molecular complexity index is 331. The summed E-state index contributed by atoms with van der Waals surface area (Å²) in [5, 5.41) is -0.495. The van der Waals surface area contributed by atoms with Gasteiger partial charge in [-0.2, -0.15) is 0 Å². The van der Waals surface area contributed by atoms with E-state index in [1.165, 1.54) is 6.08 Å². The van der Waals surface area contributed by atoms with Crippen LogP contribution in [0.15, 0.2) is 30.3 Å². The number of benzene rings is 1. The van der Waals surface area contributed by atoms with Crippen LogP contribution in [0.3, 0.4) is 0 Å². The van der Waals surface area contributed by atoms with Gasteiger partial charge in [0.05, 0.1) is 7.11 Å². The fourth-order valence-corrected chi connectivity index (χ4v) is 1.02. The summed E-state index contributed by atoms with van der Waals surface area (Å²) in [5.41, 5.74) is 0.832. The average Bonchev–Trinajstić information content (AvgIpc) is 2.15. The zero-order chi connectivity index (χ0) is 9.68. The topological polar surface area (TPSA) is 26.3 Å². The van der Waals surface area contributed by atoms with Crippen LogP contribution in [0.1, 0.15) is 5.56 Å². The predicted molar refractivity (Wildman–Crippen MR) is 52.9 cm³/mol. The fraction of sp³-hybridized carbons (Fsp3) is 0.100. The highest BCUT2D eigenvalue weighted by molar-refractivity contribution is 6.66. The molecular weight excluding hydrogens is 188 g/mol. The standard InChI is InChI=1S/C10H9ClO2/c1-13-9-5-3-2-4-8(9)6-7-10(11)12/h2-7H,1H3/b7-6-. The number of hydrogen-bond acceptors (Lipinski definition) is 2. The molecule has 0 N–H and O–H groups in total. The first-order chi connectivity index (χ1) is 6.24. The van der Waals surface area contributed by atoms with Gasteiger partial charge in [-0.15, -0.1) is 0 Å². The molecule has 0 unspecified atom stereocenters. The molecule has 1 aromatic rings. The van der Waals surface area contributed by atoms with Crippen molar-refractivity contribution in [2.24, 2.45) is 0 Å². The summed E-state index contributed by atoms with van der Waals surface area (Å²) in [6, 6.07) is 7.38. The summed E-state index contributed by atoms with van der Waals surface area (Å²) < 4.78 is 5.07. The molecule has 1 aromatic carbocycles. The summed E-state index contributed by atoms with van der Waals surface area (Å²) in [7, 11) is 1.58. The third kappa shape index (κ3) is 2.92. The number of hydrogen-bond donors (Lipinski definition) is 0. The molecule has 0 saturated carbocycles. The van der Waals surface area contributed by atoms with Crippen LogP contribution in [0.2, 0.25) is 0 Å². The Hall–Kier alpha value is -1.28. The van der Waals surface area contributed by atoms with Crippen molar-refractivity contribution in [2.45, 2.75) is 0 Å². The lowest BCUT2D eigenvalue weighted by Crippen LogP contribution is -1.86. The van der Waals surface area contributed by atoms with Gasteiger partial charge in [-0.25, -0.2) is 0 Å². The Morgan fingerprint density at radius 3 is 2.77 bits per heavy atom. The summed E-state index contributed by atoms with van der Waals surface area (Å²) in [6.45, 7) is 0. The zero-order valence-electron chi connectivity index (χ0n) is 7.16. The monoisotopic (exact) mass is 196 g/mol. The van der Waals surface area contributed by atoms with Crippen LogP contribution in [-0.4, -0.2) is 12.4 Å². The first-order valence-electron chi connectivity index (χ1n) is 3.74. The third-order valence-electron chi connectivity index (χ3n) is 1.53. The molecule has 3 heteroatoms. The lowest BCUT2D eigenvalue weighted by Gasteiger charge is -2.02. The normalized spacial score (nSPS) is 10.3. The van der Waals surface area contributed by atoms with Crippen molar-refractivity contribution in [3.05, 3.63) is 35.9 Å². The van der Waals surface area contributed by atoms with Crippen molar-refractivity contribution in [3.63, 3.8) is 0 Å².